The number of nitrogens with two attached hydrogens (primary N) is 1. The van der Waals surface area contributed by atoms with Gasteiger partial charge in [0.2, 0.25) is 5.91 Å². The van der Waals surface area contributed by atoms with Gasteiger partial charge in [-0.25, -0.2) is 4.98 Å². The number of aromatic nitrogens is 1. The highest BCUT2D eigenvalue weighted by Crippen LogP contribution is 2.20. The number of ether oxygens (including phenoxy) is 1. The maximum absolute atomic E-state index is 12.3. The molecule has 9 heteroatoms. The van der Waals surface area contributed by atoms with E-state index in [1.54, 1.807) is 11.3 Å². The number of nitrogens with zero attached hydrogens (tertiary/aromatic N) is 2. The third kappa shape index (κ3) is 7.48. The van der Waals surface area contributed by atoms with Crippen LogP contribution in [0.15, 0.2) is 5.38 Å². The van der Waals surface area contributed by atoms with E-state index < -0.39 is 6.04 Å². The van der Waals surface area contributed by atoms with Crippen LogP contribution in [-0.4, -0.2) is 54.7 Å². The summed E-state index contributed by atoms with van der Waals surface area (Å²) < 4.78 is 5.34. The Morgan fingerprint density at radius 2 is 2.00 bits per heavy atom. The number of nitrogens with one attached hydrogen (secondary N) is 1. The first-order chi connectivity index (χ1) is 12.1. The minimum Gasteiger partial charge on any atom is -0.381 e. The van der Waals surface area contributed by atoms with Crippen LogP contribution in [-0.2, 0) is 16.1 Å². The summed E-state index contributed by atoms with van der Waals surface area (Å²) >= 11 is 1.71. The molecule has 1 atom stereocenters. The lowest BCUT2D eigenvalue weighted by Gasteiger charge is -2.32. The Morgan fingerprint density at radius 1 is 1.33 bits per heavy atom. The van der Waals surface area contributed by atoms with Crippen molar-refractivity contribution >= 4 is 42.1 Å². The highest BCUT2D eigenvalue weighted by molar-refractivity contribution is 7.09. The molecule has 2 fully saturated rings. The van der Waals surface area contributed by atoms with E-state index in [4.69, 9.17) is 10.5 Å². The smallest absolute Gasteiger partial charge is 0.237 e. The second-order valence-corrected chi connectivity index (χ2v) is 8.36. The largest absolute Gasteiger partial charge is 0.381 e. The van der Waals surface area contributed by atoms with E-state index >= 15 is 0 Å². The molecule has 0 saturated carbocycles. The van der Waals surface area contributed by atoms with Crippen LogP contribution in [0.5, 0.6) is 0 Å². The van der Waals surface area contributed by atoms with Crippen molar-refractivity contribution in [2.45, 2.75) is 45.2 Å². The highest BCUT2D eigenvalue weighted by Gasteiger charge is 2.27. The fourth-order valence-corrected chi connectivity index (χ4v) is 4.31. The molecule has 0 radical (unpaired) electrons. The van der Waals surface area contributed by atoms with Gasteiger partial charge in [-0.2, -0.15) is 0 Å². The van der Waals surface area contributed by atoms with E-state index in [1.165, 1.54) is 5.69 Å². The zero-order valence-corrected chi connectivity index (χ0v) is 18.3. The minimum atomic E-state index is -0.392. The third-order valence-electron chi connectivity index (χ3n) is 5.40. The number of hydrogen-bond donors (Lipinski definition) is 2. The lowest BCUT2D eigenvalue weighted by atomic mass is 9.91. The first kappa shape index (κ1) is 24.6. The topological polar surface area (TPSA) is 80.5 Å². The van der Waals surface area contributed by atoms with Gasteiger partial charge in [0.25, 0.3) is 0 Å². The summed E-state index contributed by atoms with van der Waals surface area (Å²) in [5.74, 6) is 0.823. The molecular weight excluding hydrogens is 407 g/mol. The molecule has 3 N–H and O–H groups in total. The van der Waals surface area contributed by atoms with E-state index in [1.807, 2.05) is 6.92 Å². The number of piperidine rings is 1. The van der Waals surface area contributed by atoms with Crippen molar-refractivity contribution in [2.24, 2.45) is 17.6 Å². The number of rotatable bonds is 6. The number of likely N-dealkylation sites (tertiary alicyclic amines) is 1. The number of thiazole rings is 1. The Labute approximate surface area is 178 Å². The maximum Gasteiger partial charge on any atom is 0.237 e. The van der Waals surface area contributed by atoms with Gasteiger partial charge in [-0.15, -0.1) is 36.2 Å². The number of hydrogen-bond acceptors (Lipinski definition) is 6. The summed E-state index contributed by atoms with van der Waals surface area (Å²) in [4.78, 5) is 19.3. The molecule has 3 heterocycles. The molecule has 0 aliphatic carbocycles. The second kappa shape index (κ2) is 12.2. The predicted octanol–water partition coefficient (Wildman–Crippen LogP) is 2.38. The van der Waals surface area contributed by atoms with Gasteiger partial charge in [-0.1, -0.05) is 0 Å². The quantitative estimate of drug-likeness (QED) is 0.712. The van der Waals surface area contributed by atoms with Crippen LogP contribution < -0.4 is 11.1 Å². The fraction of sp³-hybridized carbons (Fsp3) is 0.778. The Hall–Kier alpha value is -0.440. The molecule has 1 aromatic heterocycles. The summed E-state index contributed by atoms with van der Waals surface area (Å²) in [5.41, 5.74) is 7.31. The van der Waals surface area contributed by atoms with E-state index in [2.05, 4.69) is 20.6 Å². The zero-order valence-electron chi connectivity index (χ0n) is 15.9. The van der Waals surface area contributed by atoms with Crippen molar-refractivity contribution < 1.29 is 9.53 Å². The first-order valence-electron chi connectivity index (χ1n) is 9.36. The molecule has 1 unspecified atom stereocenters. The van der Waals surface area contributed by atoms with Crippen LogP contribution in [0.25, 0.3) is 0 Å². The van der Waals surface area contributed by atoms with Gasteiger partial charge in [0, 0.05) is 31.7 Å². The Balaban J connectivity index is 0.00000182. The van der Waals surface area contributed by atoms with E-state index in [-0.39, 0.29) is 36.6 Å². The molecule has 3 rings (SSSR count). The van der Waals surface area contributed by atoms with Crippen molar-refractivity contribution in [2.75, 3.05) is 32.8 Å². The zero-order chi connectivity index (χ0) is 17.6. The van der Waals surface area contributed by atoms with Crippen LogP contribution in [0, 0.1) is 18.8 Å². The first-order valence-corrected chi connectivity index (χ1v) is 10.2. The Kier molecular flexibility index (Phi) is 11.1. The highest BCUT2D eigenvalue weighted by atomic mass is 35.5. The molecular formula is C18H32Cl2N4O2S. The summed E-state index contributed by atoms with van der Waals surface area (Å²) in [6.45, 7) is 7.34. The molecule has 2 aliphatic rings. The van der Waals surface area contributed by atoms with Crippen LogP contribution in [0.3, 0.4) is 0 Å². The molecule has 6 nitrogen and oxygen atoms in total. The van der Waals surface area contributed by atoms with E-state index in [0.29, 0.717) is 5.92 Å². The van der Waals surface area contributed by atoms with Gasteiger partial charge in [0.1, 0.15) is 0 Å². The monoisotopic (exact) mass is 438 g/mol. The van der Waals surface area contributed by atoms with Crippen LogP contribution in [0.4, 0.5) is 0 Å². The fourth-order valence-electron chi connectivity index (χ4n) is 3.71. The minimum absolute atomic E-state index is 0. The normalized spacial score (nSPS) is 20.4. The Morgan fingerprint density at radius 3 is 2.59 bits per heavy atom. The second-order valence-electron chi connectivity index (χ2n) is 7.30. The average Bonchev–Trinajstić information content (AvgIpc) is 3.05. The molecule has 156 valence electrons. The molecule has 2 aliphatic heterocycles. The molecule has 27 heavy (non-hydrogen) atoms. The van der Waals surface area contributed by atoms with E-state index in [0.717, 1.165) is 70.1 Å². The molecule has 1 amide bonds. The van der Waals surface area contributed by atoms with Crippen molar-refractivity contribution in [3.63, 3.8) is 0 Å². The van der Waals surface area contributed by atoms with Gasteiger partial charge in [-0.3, -0.25) is 9.69 Å². The lowest BCUT2D eigenvalue weighted by molar-refractivity contribution is -0.124. The number of carbonyl (C=O) groups excluding carboxylic acids is 1. The van der Waals surface area contributed by atoms with E-state index in [9.17, 15) is 4.79 Å². The molecule has 0 spiro atoms. The number of amides is 1. The van der Waals surface area contributed by atoms with Gasteiger partial charge in [-0.05, 0) is 57.5 Å². The van der Waals surface area contributed by atoms with Crippen molar-refractivity contribution in [1.82, 2.24) is 15.2 Å². The standard InChI is InChI=1S/C18H30N4O2S.2ClH/c1-13-21-16(12-25-13)11-22-6-2-14(3-7-22)10-20-18(23)17(19)15-4-8-24-9-5-15;;/h12,14-15,17H,2-11,19H2,1H3,(H,20,23);2*1H. The SMILES string of the molecule is Cc1nc(CN2CCC(CNC(=O)C(N)C3CCOCC3)CC2)cs1.Cl.Cl. The van der Waals surface area contributed by atoms with Crippen LogP contribution in [0.1, 0.15) is 36.4 Å². The van der Waals surface area contributed by atoms with Crippen molar-refractivity contribution in [1.29, 1.82) is 0 Å². The maximum atomic E-state index is 12.3. The third-order valence-corrected chi connectivity index (χ3v) is 6.22. The van der Waals surface area contributed by atoms with Gasteiger partial charge in [0.05, 0.1) is 16.7 Å². The predicted molar refractivity (Wildman–Crippen MR) is 114 cm³/mol. The van der Waals surface area contributed by atoms with Crippen molar-refractivity contribution in [3.05, 3.63) is 16.1 Å². The van der Waals surface area contributed by atoms with Crippen LogP contribution >= 0.6 is 36.2 Å². The number of aryl methyl sites for hydroxylation is 1. The molecule has 2 saturated heterocycles. The van der Waals surface area contributed by atoms with Crippen molar-refractivity contribution in [3.8, 4) is 0 Å². The number of halogens is 2. The molecule has 0 bridgehead atoms. The summed E-state index contributed by atoms with van der Waals surface area (Å²) in [6.07, 6.45) is 4.03. The molecule has 1 aromatic rings. The van der Waals surface area contributed by atoms with Gasteiger partial charge in [0.15, 0.2) is 0 Å². The Bertz CT molecular complexity index is 561. The summed E-state index contributed by atoms with van der Waals surface area (Å²) in [7, 11) is 0. The lowest BCUT2D eigenvalue weighted by Crippen LogP contribution is -2.48. The van der Waals surface area contributed by atoms with Crippen LogP contribution in [0.2, 0.25) is 0 Å². The summed E-state index contributed by atoms with van der Waals surface area (Å²) in [5, 5.41) is 6.37. The van der Waals surface area contributed by atoms with Gasteiger partial charge < -0.3 is 15.8 Å². The van der Waals surface area contributed by atoms with Gasteiger partial charge >= 0.3 is 0 Å². The molecule has 0 aromatic carbocycles. The number of carbonyl (C=O) groups is 1. The average molecular weight is 439 g/mol. The summed E-state index contributed by atoms with van der Waals surface area (Å²) in [6, 6.07) is -0.392.